The third kappa shape index (κ3) is 2.26. The zero-order valence-electron chi connectivity index (χ0n) is 6.85. The Morgan fingerprint density at radius 3 is 2.38 bits per heavy atom. The molecule has 0 aliphatic carbocycles. The molecule has 3 N–H and O–H groups in total. The minimum absolute atomic E-state index is 0.244. The summed E-state index contributed by atoms with van der Waals surface area (Å²) in [5.41, 5.74) is 4.99. The van der Waals surface area contributed by atoms with Gasteiger partial charge in [-0.2, -0.15) is 0 Å². The van der Waals surface area contributed by atoms with Gasteiger partial charge in [-0.15, -0.1) is 0 Å². The van der Waals surface area contributed by atoms with Crippen LogP contribution < -0.4 is 5.73 Å². The summed E-state index contributed by atoms with van der Waals surface area (Å²) in [6.45, 7) is 0. The van der Waals surface area contributed by atoms with Gasteiger partial charge in [-0.05, 0) is 5.56 Å². The van der Waals surface area contributed by atoms with E-state index in [1.165, 1.54) is 12.1 Å². The normalized spacial score (nSPS) is 14.9. The smallest absolute Gasteiger partial charge is 0.249 e. The van der Waals surface area contributed by atoms with Crippen LogP contribution in [0, 0.1) is 0 Å². The van der Waals surface area contributed by atoms with Crippen molar-refractivity contribution in [3.8, 4) is 0 Å². The maximum absolute atomic E-state index is 13.2. The van der Waals surface area contributed by atoms with Crippen LogP contribution in [0.2, 0.25) is 0 Å². The predicted molar refractivity (Wildman–Crippen MR) is 45.5 cm³/mol. The average molecular weight is 183 g/mol. The van der Waals surface area contributed by atoms with Gasteiger partial charge >= 0.3 is 0 Å². The number of carbonyl (C=O) groups is 1. The fraction of sp³-hybridized carbons (Fsp3) is 0.222. The van der Waals surface area contributed by atoms with E-state index in [4.69, 9.17) is 10.8 Å². The maximum atomic E-state index is 13.2. The molecule has 1 aromatic carbocycles. The van der Waals surface area contributed by atoms with Gasteiger partial charge in [-0.25, -0.2) is 4.39 Å². The van der Waals surface area contributed by atoms with E-state index in [9.17, 15) is 9.18 Å². The Balaban J connectivity index is 2.79. The summed E-state index contributed by atoms with van der Waals surface area (Å²) in [5, 5.41) is 9.00. The molecule has 4 heteroatoms. The zero-order valence-corrected chi connectivity index (χ0v) is 6.85. The fourth-order valence-corrected chi connectivity index (χ4v) is 0.963. The molecule has 0 aromatic heterocycles. The molecule has 3 nitrogen and oxygen atoms in total. The summed E-state index contributed by atoms with van der Waals surface area (Å²) in [7, 11) is 0. The molecule has 1 amide bonds. The Kier molecular flexibility index (Phi) is 2.97. The van der Waals surface area contributed by atoms with Crippen molar-refractivity contribution in [2.75, 3.05) is 0 Å². The molecule has 1 unspecified atom stereocenters. The average Bonchev–Trinajstić information content (AvgIpc) is 2.17. The SMILES string of the molecule is NC(=O)C(O)[C@@H](F)c1ccccc1. The molecular weight excluding hydrogens is 173 g/mol. The van der Waals surface area contributed by atoms with E-state index in [2.05, 4.69) is 0 Å². The van der Waals surface area contributed by atoms with Crippen molar-refractivity contribution in [2.45, 2.75) is 12.3 Å². The molecule has 1 aromatic rings. The largest absolute Gasteiger partial charge is 0.380 e. The molecule has 2 atom stereocenters. The standard InChI is InChI=1S/C9H10FNO2/c10-7(8(12)9(11)13)6-4-2-1-3-5-6/h1-5,7-8,12H,(H2,11,13)/t7-,8?/m0/s1. The van der Waals surface area contributed by atoms with Crippen LogP contribution >= 0.6 is 0 Å². The summed E-state index contributed by atoms with van der Waals surface area (Å²) >= 11 is 0. The molecule has 70 valence electrons. The number of rotatable bonds is 3. The topological polar surface area (TPSA) is 63.3 Å². The lowest BCUT2D eigenvalue weighted by molar-refractivity contribution is -0.129. The van der Waals surface area contributed by atoms with Crippen LogP contribution in [-0.2, 0) is 4.79 Å². The lowest BCUT2D eigenvalue weighted by Crippen LogP contribution is -2.32. The second kappa shape index (κ2) is 4.00. The number of hydrogen-bond acceptors (Lipinski definition) is 2. The quantitative estimate of drug-likeness (QED) is 0.718. The van der Waals surface area contributed by atoms with Crippen molar-refractivity contribution < 1.29 is 14.3 Å². The van der Waals surface area contributed by atoms with Gasteiger partial charge in [0.15, 0.2) is 12.3 Å². The Labute approximate surface area is 75.0 Å². The number of hydrogen-bond donors (Lipinski definition) is 2. The number of amides is 1. The first kappa shape index (κ1) is 9.67. The second-order valence-corrected chi connectivity index (χ2v) is 2.66. The molecule has 0 aliphatic rings. The summed E-state index contributed by atoms with van der Waals surface area (Å²) in [4.78, 5) is 10.4. The molecule has 0 radical (unpaired) electrons. The van der Waals surface area contributed by atoms with Crippen molar-refractivity contribution >= 4 is 5.91 Å². The third-order valence-corrected chi connectivity index (χ3v) is 1.69. The van der Waals surface area contributed by atoms with E-state index in [1.54, 1.807) is 18.2 Å². The molecule has 13 heavy (non-hydrogen) atoms. The highest BCUT2D eigenvalue weighted by molar-refractivity contribution is 5.79. The Morgan fingerprint density at radius 2 is 1.92 bits per heavy atom. The summed E-state index contributed by atoms with van der Waals surface area (Å²) < 4.78 is 13.2. The summed E-state index contributed by atoms with van der Waals surface area (Å²) in [6.07, 6.45) is -3.53. The van der Waals surface area contributed by atoms with Crippen LogP contribution in [0.3, 0.4) is 0 Å². The van der Waals surface area contributed by atoms with Crippen molar-refractivity contribution in [1.29, 1.82) is 0 Å². The molecule has 0 aliphatic heterocycles. The minimum atomic E-state index is -1.78. The number of benzene rings is 1. The maximum Gasteiger partial charge on any atom is 0.249 e. The van der Waals surface area contributed by atoms with Gasteiger partial charge in [0.1, 0.15) is 0 Å². The molecule has 0 fully saturated rings. The number of alkyl halides is 1. The third-order valence-electron chi connectivity index (χ3n) is 1.69. The van der Waals surface area contributed by atoms with E-state index in [-0.39, 0.29) is 5.56 Å². The minimum Gasteiger partial charge on any atom is -0.380 e. The van der Waals surface area contributed by atoms with Crippen LogP contribution in [0.25, 0.3) is 0 Å². The number of carbonyl (C=O) groups excluding carboxylic acids is 1. The molecule has 0 heterocycles. The van der Waals surface area contributed by atoms with Crippen molar-refractivity contribution in [2.24, 2.45) is 5.73 Å². The van der Waals surface area contributed by atoms with Gasteiger partial charge in [0, 0.05) is 0 Å². The molecule has 1 rings (SSSR count). The lowest BCUT2D eigenvalue weighted by Gasteiger charge is -2.11. The number of aliphatic hydroxyl groups is 1. The van der Waals surface area contributed by atoms with Crippen LogP contribution in [0.1, 0.15) is 11.7 Å². The Morgan fingerprint density at radius 1 is 1.38 bits per heavy atom. The highest BCUT2D eigenvalue weighted by Crippen LogP contribution is 2.20. The Bertz CT molecular complexity index is 289. The summed E-state index contributed by atoms with van der Waals surface area (Å²) in [6, 6.07) is 7.92. The van der Waals surface area contributed by atoms with Gasteiger partial charge in [0.05, 0.1) is 0 Å². The van der Waals surface area contributed by atoms with Gasteiger partial charge in [0.2, 0.25) is 5.91 Å². The van der Waals surface area contributed by atoms with E-state index in [1.807, 2.05) is 0 Å². The second-order valence-electron chi connectivity index (χ2n) is 2.66. The number of nitrogens with two attached hydrogens (primary N) is 1. The first-order valence-corrected chi connectivity index (χ1v) is 3.79. The molecule has 0 spiro atoms. The first-order chi connectivity index (χ1) is 6.13. The van der Waals surface area contributed by atoms with E-state index >= 15 is 0 Å². The molecule has 0 bridgehead atoms. The first-order valence-electron chi connectivity index (χ1n) is 3.79. The van der Waals surface area contributed by atoms with E-state index in [0.29, 0.717) is 0 Å². The molecule has 0 saturated carbocycles. The number of halogens is 1. The Hall–Kier alpha value is -1.42. The van der Waals surface area contributed by atoms with Crippen LogP contribution in [0.4, 0.5) is 4.39 Å². The molecule has 0 saturated heterocycles. The van der Waals surface area contributed by atoms with Crippen molar-refractivity contribution in [1.82, 2.24) is 0 Å². The van der Waals surface area contributed by atoms with E-state index in [0.717, 1.165) is 0 Å². The van der Waals surface area contributed by atoms with Crippen molar-refractivity contribution in [3.05, 3.63) is 35.9 Å². The van der Waals surface area contributed by atoms with Crippen LogP contribution in [-0.4, -0.2) is 17.1 Å². The highest BCUT2D eigenvalue weighted by atomic mass is 19.1. The van der Waals surface area contributed by atoms with Crippen LogP contribution in [0.15, 0.2) is 30.3 Å². The summed E-state index contributed by atoms with van der Waals surface area (Å²) in [5.74, 6) is -1.06. The predicted octanol–water partition coefficient (Wildman–Crippen LogP) is 0.543. The number of aliphatic hydroxyl groups excluding tert-OH is 1. The zero-order chi connectivity index (χ0) is 9.84. The van der Waals surface area contributed by atoms with E-state index < -0.39 is 18.2 Å². The lowest BCUT2D eigenvalue weighted by atomic mass is 10.1. The molecular formula is C9H10FNO2. The van der Waals surface area contributed by atoms with Gasteiger partial charge in [-0.1, -0.05) is 30.3 Å². The monoisotopic (exact) mass is 183 g/mol. The van der Waals surface area contributed by atoms with Gasteiger partial charge in [0.25, 0.3) is 0 Å². The number of primary amides is 1. The highest BCUT2D eigenvalue weighted by Gasteiger charge is 2.24. The van der Waals surface area contributed by atoms with Gasteiger partial charge in [-0.3, -0.25) is 4.79 Å². The van der Waals surface area contributed by atoms with Gasteiger partial charge < -0.3 is 10.8 Å². The van der Waals surface area contributed by atoms with Crippen LogP contribution in [0.5, 0.6) is 0 Å². The fourth-order valence-electron chi connectivity index (χ4n) is 0.963. The van der Waals surface area contributed by atoms with Crippen molar-refractivity contribution in [3.63, 3.8) is 0 Å².